The van der Waals surface area contributed by atoms with Crippen LogP contribution in [0.2, 0.25) is 0 Å². The molecular formula is C48H75N13O13. The third kappa shape index (κ3) is 23.9. The number of nitrogens with two attached hydrogens (primary N) is 4. The van der Waals surface area contributed by atoms with Crippen molar-refractivity contribution in [1.82, 2.24) is 42.5 Å². The second-order valence-corrected chi connectivity index (χ2v) is 18.1. The lowest BCUT2D eigenvalue weighted by molar-refractivity contribution is -0.145. The number of hydrogen-bond acceptors (Lipinski definition) is 15. The number of unbranched alkanes of at least 4 members (excludes halogenated alkanes) is 1. The molecule has 0 bridgehead atoms. The number of aromatic hydroxyl groups is 1. The van der Waals surface area contributed by atoms with Crippen LogP contribution in [0.15, 0.2) is 59.6 Å². The largest absolute Gasteiger partial charge is 0.508 e. The number of carboxylic acid groups (broad SMARTS) is 1. The van der Waals surface area contributed by atoms with Gasteiger partial charge in [-0.25, -0.2) is 4.79 Å². The van der Waals surface area contributed by atoms with Crippen molar-refractivity contribution in [1.29, 1.82) is 0 Å². The number of rotatable bonds is 33. The maximum atomic E-state index is 14.1. The standard InChI is InChI=1S/C48H75N13O13/c1-26(2)21-35(58-41(67)32(50)22-30-15-17-31(64)18-16-30)45(71)56-34(14-10-20-53-48(51)52)43(69)59-36(23-29-11-6-5-7-12-29)42(68)55-24-37(65)54-25-38(66)60-39(27(3)62)46(72)57-33(13-8-9-19-49)44(70)61-40(28(4)63)47(73)74/h5-7,11-12,15-18,26-28,32-36,39-40,62-64H,8-10,13-14,19-25,49-50H2,1-4H3,(H,54,65)(H,55,68)(H,56,71)(H,57,72)(H,58,67)(H,59,69)(H,60,66)(H,61,70)(H,73,74)(H4,51,52,53)/t27-,28-,32+,33+,34+,35+,36+,39+,40+/m1/s1. The van der Waals surface area contributed by atoms with Gasteiger partial charge in [0.2, 0.25) is 47.3 Å². The maximum Gasteiger partial charge on any atom is 0.328 e. The number of aliphatic carboxylic acids is 1. The SMILES string of the molecule is CC(C)C[C@H](NC(=O)[C@@H](N)Cc1ccc(O)cc1)C(=O)N[C@@H](CCCN=C(N)N)C(=O)N[C@@H](Cc1ccccc1)C(=O)NCC(=O)NCC(=O)N[C@H](C(=O)N[C@@H](CCCCN)C(=O)N[C@H](C(=O)O)[C@@H](C)O)[C@@H](C)O. The van der Waals surface area contributed by atoms with Gasteiger partial charge < -0.3 is 85.9 Å². The van der Waals surface area contributed by atoms with E-state index in [4.69, 9.17) is 22.9 Å². The van der Waals surface area contributed by atoms with E-state index < -0.39 is 121 Å². The quantitative estimate of drug-likeness (QED) is 0.0183. The molecule has 20 N–H and O–H groups in total. The predicted molar refractivity (Wildman–Crippen MR) is 271 cm³/mol. The lowest BCUT2D eigenvalue weighted by Crippen LogP contribution is -2.60. The predicted octanol–water partition coefficient (Wildman–Crippen LogP) is -4.28. The summed E-state index contributed by atoms with van der Waals surface area (Å²) < 4.78 is 0. The van der Waals surface area contributed by atoms with Gasteiger partial charge >= 0.3 is 5.97 Å². The maximum absolute atomic E-state index is 14.1. The molecule has 0 heterocycles. The Morgan fingerprint density at radius 1 is 0.568 bits per heavy atom. The number of amides is 8. The Bertz CT molecular complexity index is 2190. The van der Waals surface area contributed by atoms with Crippen molar-refractivity contribution in [3.63, 3.8) is 0 Å². The molecular weight excluding hydrogens is 967 g/mol. The molecule has 410 valence electrons. The highest BCUT2D eigenvalue weighted by Gasteiger charge is 2.34. The lowest BCUT2D eigenvalue weighted by Gasteiger charge is -2.27. The first kappa shape index (κ1) is 62.7. The normalized spacial score (nSPS) is 14.7. The molecule has 0 saturated heterocycles. The molecule has 2 aromatic carbocycles. The van der Waals surface area contributed by atoms with Gasteiger partial charge in [-0.2, -0.15) is 0 Å². The fourth-order valence-corrected chi connectivity index (χ4v) is 7.16. The molecule has 0 aliphatic carbocycles. The number of aliphatic imine (C=N–C) groups is 1. The number of aliphatic hydroxyl groups is 2. The van der Waals surface area contributed by atoms with E-state index in [0.29, 0.717) is 24.0 Å². The second kappa shape index (κ2) is 32.6. The Morgan fingerprint density at radius 2 is 1.09 bits per heavy atom. The number of guanidine groups is 1. The Balaban J connectivity index is 2.21. The molecule has 0 fully saturated rings. The number of phenols is 1. The Kier molecular flexibility index (Phi) is 27.6. The summed E-state index contributed by atoms with van der Waals surface area (Å²) in [5.74, 6) is -8.64. The van der Waals surface area contributed by atoms with E-state index in [9.17, 15) is 63.6 Å². The third-order valence-corrected chi connectivity index (χ3v) is 11.1. The van der Waals surface area contributed by atoms with Gasteiger partial charge in [0.05, 0.1) is 31.3 Å². The summed E-state index contributed by atoms with van der Waals surface area (Å²) in [6, 6.07) is 5.08. The minimum Gasteiger partial charge on any atom is -0.508 e. The van der Waals surface area contributed by atoms with E-state index in [0.717, 1.165) is 6.92 Å². The molecule has 26 heteroatoms. The van der Waals surface area contributed by atoms with Crippen molar-refractivity contribution in [2.45, 2.75) is 134 Å². The number of carbonyl (C=O) groups excluding carboxylic acids is 8. The van der Waals surface area contributed by atoms with Crippen LogP contribution >= 0.6 is 0 Å². The Hall–Kier alpha value is -7.42. The molecule has 26 nitrogen and oxygen atoms in total. The van der Waals surface area contributed by atoms with Crippen molar-refractivity contribution >= 4 is 59.2 Å². The molecule has 2 rings (SSSR count). The van der Waals surface area contributed by atoms with Crippen LogP contribution < -0.4 is 65.5 Å². The highest BCUT2D eigenvalue weighted by Crippen LogP contribution is 2.13. The second-order valence-electron chi connectivity index (χ2n) is 18.1. The Morgan fingerprint density at radius 3 is 1.66 bits per heavy atom. The van der Waals surface area contributed by atoms with Crippen molar-refractivity contribution in [2.75, 3.05) is 26.2 Å². The van der Waals surface area contributed by atoms with E-state index in [1.807, 2.05) is 13.8 Å². The summed E-state index contributed by atoms with van der Waals surface area (Å²) in [6.45, 7) is 4.84. The monoisotopic (exact) mass is 1040 g/mol. The summed E-state index contributed by atoms with van der Waals surface area (Å²) >= 11 is 0. The summed E-state index contributed by atoms with van der Waals surface area (Å²) in [5.41, 5.74) is 24.0. The van der Waals surface area contributed by atoms with Crippen LogP contribution in [0.25, 0.3) is 0 Å². The first-order valence-electron chi connectivity index (χ1n) is 24.2. The van der Waals surface area contributed by atoms with Gasteiger partial charge in [0, 0.05) is 13.0 Å². The number of carbonyl (C=O) groups is 9. The Labute approximate surface area is 429 Å². The zero-order valence-electron chi connectivity index (χ0n) is 42.2. The van der Waals surface area contributed by atoms with E-state index in [1.54, 1.807) is 42.5 Å². The topological polar surface area (TPSA) is 447 Å². The van der Waals surface area contributed by atoms with Gasteiger partial charge in [-0.1, -0.05) is 56.3 Å². The number of aliphatic hydroxyl groups excluding tert-OH is 2. The minimum absolute atomic E-state index is 0.0160. The van der Waals surface area contributed by atoms with Crippen LogP contribution in [-0.2, 0) is 56.0 Å². The average Bonchev–Trinajstić information content (AvgIpc) is 3.33. The highest BCUT2D eigenvalue weighted by molar-refractivity contribution is 5.97. The fourth-order valence-electron chi connectivity index (χ4n) is 7.16. The summed E-state index contributed by atoms with van der Waals surface area (Å²) in [6.07, 6.45) is -1.96. The van der Waals surface area contributed by atoms with Crippen molar-refractivity contribution < 1.29 is 63.6 Å². The molecule has 0 aliphatic heterocycles. The number of phenolic OH excluding ortho intramolecular Hbond substituents is 1. The van der Waals surface area contributed by atoms with Crippen molar-refractivity contribution in [2.24, 2.45) is 33.8 Å². The molecule has 0 saturated carbocycles. The van der Waals surface area contributed by atoms with Crippen LogP contribution in [0.3, 0.4) is 0 Å². The number of carboxylic acids is 1. The molecule has 0 aromatic heterocycles. The zero-order valence-corrected chi connectivity index (χ0v) is 42.2. The average molecular weight is 1040 g/mol. The molecule has 2 aromatic rings. The van der Waals surface area contributed by atoms with Gasteiger partial charge in [-0.05, 0) is 94.5 Å². The molecule has 0 radical (unpaired) electrons. The number of benzene rings is 2. The summed E-state index contributed by atoms with van der Waals surface area (Å²) in [7, 11) is 0. The molecule has 0 aliphatic rings. The van der Waals surface area contributed by atoms with Crippen LogP contribution in [0.4, 0.5) is 0 Å². The third-order valence-electron chi connectivity index (χ3n) is 11.1. The van der Waals surface area contributed by atoms with Gasteiger partial charge in [-0.15, -0.1) is 0 Å². The van der Waals surface area contributed by atoms with Gasteiger partial charge in [0.25, 0.3) is 0 Å². The molecule has 8 amide bonds. The van der Waals surface area contributed by atoms with Crippen LogP contribution in [0.1, 0.15) is 77.3 Å². The van der Waals surface area contributed by atoms with E-state index in [-0.39, 0.29) is 69.2 Å². The number of nitrogens with zero attached hydrogens (tertiary/aromatic N) is 1. The smallest absolute Gasteiger partial charge is 0.328 e. The first-order chi connectivity index (χ1) is 34.9. The number of nitrogens with one attached hydrogen (secondary N) is 8. The minimum atomic E-state index is -1.71. The highest BCUT2D eigenvalue weighted by atomic mass is 16.4. The summed E-state index contributed by atoms with van der Waals surface area (Å²) in [5, 5.41) is 58.8. The molecule has 9 atom stereocenters. The van der Waals surface area contributed by atoms with Crippen molar-refractivity contribution in [3.05, 3.63) is 65.7 Å². The van der Waals surface area contributed by atoms with E-state index in [1.165, 1.54) is 19.1 Å². The van der Waals surface area contributed by atoms with Crippen molar-refractivity contribution in [3.8, 4) is 5.75 Å². The number of hydrogen-bond donors (Lipinski definition) is 16. The zero-order chi connectivity index (χ0) is 55.5. The van der Waals surface area contributed by atoms with Crippen LogP contribution in [-0.4, -0.2) is 160 Å². The van der Waals surface area contributed by atoms with Crippen LogP contribution in [0, 0.1) is 5.92 Å². The van der Waals surface area contributed by atoms with Gasteiger partial charge in [-0.3, -0.25) is 43.3 Å². The van der Waals surface area contributed by atoms with E-state index >= 15 is 0 Å². The van der Waals surface area contributed by atoms with E-state index in [2.05, 4.69) is 47.5 Å². The lowest BCUT2D eigenvalue weighted by atomic mass is 10.00. The first-order valence-corrected chi connectivity index (χ1v) is 24.2. The van der Waals surface area contributed by atoms with Crippen LogP contribution in [0.5, 0.6) is 5.75 Å². The van der Waals surface area contributed by atoms with Gasteiger partial charge in [0.15, 0.2) is 12.0 Å². The fraction of sp³-hybridized carbons (Fsp3) is 0.542. The molecule has 0 unspecified atom stereocenters. The summed E-state index contributed by atoms with van der Waals surface area (Å²) in [4.78, 5) is 123. The molecule has 0 spiro atoms. The molecule has 74 heavy (non-hydrogen) atoms. The van der Waals surface area contributed by atoms with Gasteiger partial charge in [0.1, 0.15) is 36.0 Å².